The van der Waals surface area contributed by atoms with Gasteiger partial charge in [-0.3, -0.25) is 4.79 Å². The van der Waals surface area contributed by atoms with Crippen molar-refractivity contribution in [3.8, 4) is 11.8 Å². The number of ether oxygens (including phenoxy) is 1. The number of aliphatic carboxylic acids is 1. The lowest BCUT2D eigenvalue weighted by molar-refractivity contribution is -0.148. The van der Waals surface area contributed by atoms with E-state index in [0.29, 0.717) is 23.4 Å². The van der Waals surface area contributed by atoms with Crippen molar-refractivity contribution in [1.82, 2.24) is 10.0 Å². The summed E-state index contributed by atoms with van der Waals surface area (Å²) in [6.45, 7) is 10.5. The zero-order valence-corrected chi connectivity index (χ0v) is 22.2. The largest absolute Gasteiger partial charge is 0.477 e. The van der Waals surface area contributed by atoms with E-state index in [0.717, 1.165) is 51.7 Å². The Labute approximate surface area is 207 Å². The van der Waals surface area contributed by atoms with Gasteiger partial charge in [-0.1, -0.05) is 42.3 Å². The average Bonchev–Trinajstić information content (AvgIpc) is 3.17. The van der Waals surface area contributed by atoms with E-state index in [2.05, 4.69) is 18.8 Å². The van der Waals surface area contributed by atoms with Gasteiger partial charge < -0.3 is 9.84 Å². The lowest BCUT2D eigenvalue weighted by Gasteiger charge is -2.38. The molecule has 0 aromatic heterocycles. The van der Waals surface area contributed by atoms with Crippen LogP contribution in [-0.2, 0) is 14.3 Å². The van der Waals surface area contributed by atoms with E-state index < -0.39 is 5.97 Å². The number of hydrogen-bond acceptors (Lipinski definition) is 6. The van der Waals surface area contributed by atoms with Crippen molar-refractivity contribution >= 4 is 35.4 Å². The van der Waals surface area contributed by atoms with Crippen LogP contribution in [0.25, 0.3) is 0 Å². The molecule has 0 radical (unpaired) electrons. The molecule has 1 aliphatic carbocycles. The fourth-order valence-electron chi connectivity index (χ4n) is 4.45. The lowest BCUT2D eigenvalue weighted by atomic mass is 9.82. The van der Waals surface area contributed by atoms with Gasteiger partial charge in [0.2, 0.25) is 5.91 Å². The minimum atomic E-state index is -0.989. The normalized spacial score (nSPS) is 26.8. The van der Waals surface area contributed by atoms with Crippen LogP contribution >= 0.6 is 23.5 Å². The molecule has 1 amide bonds. The summed E-state index contributed by atoms with van der Waals surface area (Å²) in [5, 5.41) is 14.2. The number of hydrazine groups is 1. The highest BCUT2D eigenvalue weighted by Gasteiger charge is 2.40. The second kappa shape index (κ2) is 11.5. The monoisotopic (exact) mass is 494 g/mol. The van der Waals surface area contributed by atoms with Gasteiger partial charge in [-0.25, -0.2) is 14.8 Å². The van der Waals surface area contributed by atoms with Crippen LogP contribution in [0.2, 0.25) is 0 Å². The molecule has 0 spiro atoms. The lowest BCUT2D eigenvalue weighted by Crippen LogP contribution is -2.48. The highest BCUT2D eigenvalue weighted by atomic mass is 32.2. The molecule has 2 fully saturated rings. The summed E-state index contributed by atoms with van der Waals surface area (Å²) in [7, 11) is 1.92. The van der Waals surface area contributed by atoms with Gasteiger partial charge in [-0.05, 0) is 71.1 Å². The van der Waals surface area contributed by atoms with Crippen LogP contribution in [0.1, 0.15) is 66.2 Å². The minimum Gasteiger partial charge on any atom is -0.477 e. The Balaban J connectivity index is 1.88. The van der Waals surface area contributed by atoms with Crippen LogP contribution in [-0.4, -0.2) is 58.4 Å². The molecule has 1 unspecified atom stereocenters. The Morgan fingerprint density at radius 2 is 1.73 bits per heavy atom. The highest BCUT2D eigenvalue weighted by molar-refractivity contribution is 8.24. The third-order valence-electron chi connectivity index (χ3n) is 6.37. The van der Waals surface area contributed by atoms with Gasteiger partial charge in [-0.15, -0.1) is 0 Å². The molecule has 33 heavy (non-hydrogen) atoms. The Bertz CT molecular complexity index is 812. The van der Waals surface area contributed by atoms with E-state index in [9.17, 15) is 14.7 Å². The molecule has 3 rings (SSSR count). The fraction of sp³-hybridized carbons (Fsp3) is 0.760. The van der Waals surface area contributed by atoms with Gasteiger partial charge in [0, 0.05) is 38.1 Å². The number of amides is 1. The molecule has 2 heterocycles. The van der Waals surface area contributed by atoms with E-state index >= 15 is 0 Å². The van der Waals surface area contributed by atoms with Crippen molar-refractivity contribution in [2.24, 2.45) is 23.2 Å². The molecular weight excluding hydrogens is 456 g/mol. The molecule has 8 heteroatoms. The Kier molecular flexibility index (Phi) is 9.24. The van der Waals surface area contributed by atoms with E-state index in [1.165, 1.54) is 23.5 Å². The quantitative estimate of drug-likeness (QED) is 0.410. The predicted octanol–water partition coefficient (Wildman–Crippen LogP) is 5.02. The number of carbonyl (C=O) groups is 2. The summed E-state index contributed by atoms with van der Waals surface area (Å²) < 4.78 is 5.27. The summed E-state index contributed by atoms with van der Waals surface area (Å²) >= 11 is 2.66. The van der Waals surface area contributed by atoms with Crippen LogP contribution in [0.4, 0.5) is 0 Å². The number of thioether (sulfide) groups is 2. The van der Waals surface area contributed by atoms with Crippen molar-refractivity contribution < 1.29 is 19.4 Å². The summed E-state index contributed by atoms with van der Waals surface area (Å²) in [6, 6.07) is 0. The Morgan fingerprint density at radius 3 is 2.30 bits per heavy atom. The number of carboxylic acids is 1. The maximum atomic E-state index is 13.8. The van der Waals surface area contributed by atoms with E-state index in [1.807, 2.05) is 32.8 Å². The molecule has 1 atom stereocenters. The van der Waals surface area contributed by atoms with Crippen molar-refractivity contribution in [3.05, 3.63) is 9.93 Å². The number of rotatable bonds is 6. The molecule has 1 saturated heterocycles. The van der Waals surface area contributed by atoms with Crippen LogP contribution < -0.4 is 0 Å². The van der Waals surface area contributed by atoms with Crippen molar-refractivity contribution in [2.75, 3.05) is 26.8 Å². The molecular formula is C25H38N2O4S2. The maximum absolute atomic E-state index is 13.8. The first kappa shape index (κ1) is 26.5. The van der Waals surface area contributed by atoms with Gasteiger partial charge in [0.1, 0.15) is 14.5 Å². The first-order valence-electron chi connectivity index (χ1n) is 12.0. The molecule has 0 aromatic rings. The molecule has 3 aliphatic rings. The van der Waals surface area contributed by atoms with Gasteiger partial charge >= 0.3 is 5.97 Å². The fourth-order valence-corrected chi connectivity index (χ4v) is 6.95. The second-order valence-corrected chi connectivity index (χ2v) is 13.0. The summed E-state index contributed by atoms with van der Waals surface area (Å²) in [5.74, 6) is 6.51. The van der Waals surface area contributed by atoms with E-state index in [-0.39, 0.29) is 26.7 Å². The van der Waals surface area contributed by atoms with Crippen molar-refractivity contribution in [3.63, 3.8) is 0 Å². The summed E-state index contributed by atoms with van der Waals surface area (Å²) in [5.41, 5.74) is -0.165. The third-order valence-corrected chi connectivity index (χ3v) is 8.94. The standard InChI is InChI=1S/C25H38N2O4S2/c1-17-6-8-19(9-7-17)22(28)27(26(5)16-18-11-14-31-15-12-18)23-21(24(29)30)32-20(33-23)10-13-25(2,3)4/h17-20H,6-9,11-12,14-16H2,1-5H3,(H,29,30). The number of nitrogens with zero attached hydrogens (tertiary/aromatic N) is 2. The molecule has 1 N–H and O–H groups in total. The van der Waals surface area contributed by atoms with Gasteiger partial charge in [-0.2, -0.15) is 0 Å². The predicted molar refractivity (Wildman–Crippen MR) is 135 cm³/mol. The van der Waals surface area contributed by atoms with Crippen LogP contribution in [0.15, 0.2) is 9.93 Å². The van der Waals surface area contributed by atoms with Crippen LogP contribution in [0.3, 0.4) is 0 Å². The van der Waals surface area contributed by atoms with Crippen LogP contribution in [0.5, 0.6) is 0 Å². The molecule has 1 saturated carbocycles. The highest BCUT2D eigenvalue weighted by Crippen LogP contribution is 2.48. The average molecular weight is 495 g/mol. The first-order valence-corrected chi connectivity index (χ1v) is 13.8. The second-order valence-electron chi connectivity index (χ2n) is 10.5. The smallest absolute Gasteiger partial charge is 0.345 e. The zero-order chi connectivity index (χ0) is 24.2. The molecule has 6 nitrogen and oxygen atoms in total. The SMILES string of the molecule is CC1CCC(C(=O)N(C2=C(C(=O)O)SC(C#CC(C)(C)C)S2)N(C)CC2CCOCC2)CC1. The number of carbonyl (C=O) groups excluding carboxylic acids is 1. The van der Waals surface area contributed by atoms with E-state index in [4.69, 9.17) is 4.74 Å². The summed E-state index contributed by atoms with van der Waals surface area (Å²) in [4.78, 5) is 26.3. The Hall–Kier alpha value is -1.14. The van der Waals surface area contributed by atoms with Gasteiger partial charge in [0.15, 0.2) is 0 Å². The van der Waals surface area contributed by atoms with E-state index in [1.54, 1.807) is 5.01 Å². The van der Waals surface area contributed by atoms with Crippen molar-refractivity contribution in [2.45, 2.75) is 70.8 Å². The minimum absolute atomic E-state index is 0.0303. The number of hydrogen-bond donors (Lipinski definition) is 1. The molecule has 2 aliphatic heterocycles. The topological polar surface area (TPSA) is 70.1 Å². The maximum Gasteiger partial charge on any atom is 0.345 e. The Morgan fingerprint density at radius 1 is 1.09 bits per heavy atom. The zero-order valence-electron chi connectivity index (χ0n) is 20.6. The molecule has 0 bridgehead atoms. The van der Waals surface area contributed by atoms with Gasteiger partial charge in [0.05, 0.1) is 0 Å². The number of carboxylic acid groups (broad SMARTS) is 1. The third kappa shape index (κ3) is 7.42. The molecule has 184 valence electrons. The summed E-state index contributed by atoms with van der Waals surface area (Å²) in [6.07, 6.45) is 5.73. The van der Waals surface area contributed by atoms with Crippen LogP contribution in [0, 0.1) is 35.0 Å². The van der Waals surface area contributed by atoms with Gasteiger partial charge in [0.25, 0.3) is 0 Å². The molecule has 0 aromatic carbocycles. The first-order chi connectivity index (χ1) is 15.5. The van der Waals surface area contributed by atoms with Crippen molar-refractivity contribution in [1.29, 1.82) is 0 Å².